The summed E-state index contributed by atoms with van der Waals surface area (Å²) < 4.78 is 5.68. The monoisotopic (exact) mass is 299 g/mol. The standard InChI is InChI=1S/C19H41NO/c1-4-5-6-7-8-9-10-11-12-13-14-15-16-19(3)21-17-18(2)20/h18-19H,4-17,20H2,1-3H3. The Bertz CT molecular complexity index is 194. The summed E-state index contributed by atoms with van der Waals surface area (Å²) in [5.41, 5.74) is 5.68. The van der Waals surface area contributed by atoms with E-state index in [1.54, 1.807) is 0 Å². The maximum Gasteiger partial charge on any atom is 0.0618 e. The predicted molar refractivity (Wildman–Crippen MR) is 94.8 cm³/mol. The third-order valence-electron chi connectivity index (χ3n) is 4.11. The minimum atomic E-state index is 0.162. The number of ether oxygens (including phenoxy) is 1. The number of nitrogens with two attached hydrogens (primary N) is 1. The van der Waals surface area contributed by atoms with Crippen molar-refractivity contribution in [2.45, 2.75) is 116 Å². The van der Waals surface area contributed by atoms with E-state index in [9.17, 15) is 0 Å². The van der Waals surface area contributed by atoms with Gasteiger partial charge in [-0.3, -0.25) is 0 Å². The highest BCUT2D eigenvalue weighted by Crippen LogP contribution is 2.13. The number of unbranched alkanes of at least 4 members (excludes halogenated alkanes) is 11. The lowest BCUT2D eigenvalue weighted by atomic mass is 10.0. The summed E-state index contributed by atoms with van der Waals surface area (Å²) in [7, 11) is 0. The smallest absolute Gasteiger partial charge is 0.0618 e. The van der Waals surface area contributed by atoms with Gasteiger partial charge < -0.3 is 10.5 Å². The van der Waals surface area contributed by atoms with Crippen molar-refractivity contribution in [1.82, 2.24) is 0 Å². The zero-order valence-corrected chi connectivity index (χ0v) is 15.0. The van der Waals surface area contributed by atoms with Gasteiger partial charge in [0, 0.05) is 6.04 Å². The lowest BCUT2D eigenvalue weighted by Crippen LogP contribution is -2.24. The molecule has 0 bridgehead atoms. The molecule has 2 unspecified atom stereocenters. The van der Waals surface area contributed by atoms with Gasteiger partial charge >= 0.3 is 0 Å². The molecular formula is C19H41NO. The van der Waals surface area contributed by atoms with E-state index in [2.05, 4.69) is 13.8 Å². The van der Waals surface area contributed by atoms with Gasteiger partial charge in [0.1, 0.15) is 0 Å². The topological polar surface area (TPSA) is 35.2 Å². The molecule has 2 nitrogen and oxygen atoms in total. The fourth-order valence-electron chi connectivity index (χ4n) is 2.67. The molecule has 0 heterocycles. The van der Waals surface area contributed by atoms with Crippen molar-refractivity contribution in [2.75, 3.05) is 6.61 Å². The van der Waals surface area contributed by atoms with E-state index < -0.39 is 0 Å². The number of rotatable bonds is 16. The molecule has 0 saturated heterocycles. The first-order chi connectivity index (χ1) is 10.2. The van der Waals surface area contributed by atoms with Gasteiger partial charge in [0.25, 0.3) is 0 Å². The third kappa shape index (κ3) is 17.9. The average molecular weight is 300 g/mol. The second-order valence-electron chi connectivity index (χ2n) is 6.80. The van der Waals surface area contributed by atoms with Crippen LogP contribution in [0.25, 0.3) is 0 Å². The molecule has 0 aliphatic carbocycles. The van der Waals surface area contributed by atoms with Gasteiger partial charge in [-0.05, 0) is 20.3 Å². The molecule has 0 saturated carbocycles. The van der Waals surface area contributed by atoms with E-state index >= 15 is 0 Å². The highest BCUT2D eigenvalue weighted by atomic mass is 16.5. The fourth-order valence-corrected chi connectivity index (χ4v) is 2.67. The zero-order chi connectivity index (χ0) is 15.8. The first-order valence-corrected chi connectivity index (χ1v) is 9.54. The molecule has 2 N–H and O–H groups in total. The van der Waals surface area contributed by atoms with E-state index in [0.29, 0.717) is 12.7 Å². The molecule has 0 aliphatic rings. The summed E-state index contributed by atoms with van der Waals surface area (Å²) in [5.74, 6) is 0. The van der Waals surface area contributed by atoms with Crippen molar-refractivity contribution in [1.29, 1.82) is 0 Å². The van der Waals surface area contributed by atoms with Crippen LogP contribution in [-0.2, 0) is 4.74 Å². The Morgan fingerprint density at radius 3 is 1.57 bits per heavy atom. The summed E-state index contributed by atoms with van der Waals surface area (Å²) in [4.78, 5) is 0. The van der Waals surface area contributed by atoms with Crippen LogP contribution < -0.4 is 5.73 Å². The van der Waals surface area contributed by atoms with Gasteiger partial charge in [0.15, 0.2) is 0 Å². The van der Waals surface area contributed by atoms with E-state index in [0.717, 1.165) is 0 Å². The SMILES string of the molecule is CCCCCCCCCCCCCCC(C)OCC(C)N. The van der Waals surface area contributed by atoms with Crippen molar-refractivity contribution >= 4 is 0 Å². The van der Waals surface area contributed by atoms with Crippen LogP contribution in [0.3, 0.4) is 0 Å². The average Bonchev–Trinajstić information content (AvgIpc) is 2.46. The first-order valence-electron chi connectivity index (χ1n) is 9.54. The molecule has 0 radical (unpaired) electrons. The summed E-state index contributed by atoms with van der Waals surface area (Å²) >= 11 is 0. The Hall–Kier alpha value is -0.0800. The minimum Gasteiger partial charge on any atom is -0.377 e. The van der Waals surface area contributed by atoms with Crippen LogP contribution in [0.2, 0.25) is 0 Å². The maximum atomic E-state index is 5.68. The van der Waals surface area contributed by atoms with Gasteiger partial charge in [-0.1, -0.05) is 84.0 Å². The quantitative estimate of drug-likeness (QED) is 0.364. The molecule has 0 amide bonds. The molecule has 0 fully saturated rings. The Kier molecular flexibility index (Phi) is 16.2. The van der Waals surface area contributed by atoms with E-state index in [-0.39, 0.29) is 6.04 Å². The molecule has 21 heavy (non-hydrogen) atoms. The lowest BCUT2D eigenvalue weighted by molar-refractivity contribution is 0.0517. The van der Waals surface area contributed by atoms with Crippen molar-refractivity contribution < 1.29 is 4.74 Å². The highest BCUT2D eigenvalue weighted by molar-refractivity contribution is 4.56. The molecule has 0 aromatic rings. The molecule has 2 heteroatoms. The molecular weight excluding hydrogens is 258 g/mol. The fraction of sp³-hybridized carbons (Fsp3) is 1.00. The van der Waals surface area contributed by atoms with Gasteiger partial charge in [-0.15, -0.1) is 0 Å². The largest absolute Gasteiger partial charge is 0.377 e. The first kappa shape index (κ1) is 20.9. The number of hydrogen-bond acceptors (Lipinski definition) is 2. The lowest BCUT2D eigenvalue weighted by Gasteiger charge is -2.14. The minimum absolute atomic E-state index is 0.162. The zero-order valence-electron chi connectivity index (χ0n) is 15.0. The Balaban J connectivity index is 3.08. The van der Waals surface area contributed by atoms with Crippen LogP contribution in [0, 0.1) is 0 Å². The molecule has 0 spiro atoms. The molecule has 0 aliphatic heterocycles. The van der Waals surface area contributed by atoms with Gasteiger partial charge in [-0.2, -0.15) is 0 Å². The van der Waals surface area contributed by atoms with Crippen LogP contribution >= 0.6 is 0 Å². The van der Waals surface area contributed by atoms with Crippen LogP contribution in [0.15, 0.2) is 0 Å². The third-order valence-corrected chi connectivity index (χ3v) is 4.11. The number of hydrogen-bond donors (Lipinski definition) is 1. The molecule has 0 aromatic heterocycles. The summed E-state index contributed by atoms with van der Waals surface area (Å²) in [6.45, 7) is 7.14. The molecule has 2 atom stereocenters. The van der Waals surface area contributed by atoms with Crippen molar-refractivity contribution in [2.24, 2.45) is 5.73 Å². The van der Waals surface area contributed by atoms with Crippen molar-refractivity contribution in [3.8, 4) is 0 Å². The Morgan fingerprint density at radius 2 is 1.14 bits per heavy atom. The molecule has 0 aromatic carbocycles. The van der Waals surface area contributed by atoms with Crippen LogP contribution in [0.5, 0.6) is 0 Å². The maximum absolute atomic E-state index is 5.68. The normalized spacial score (nSPS) is 14.3. The van der Waals surface area contributed by atoms with Gasteiger partial charge in [0.05, 0.1) is 12.7 Å². The second-order valence-corrected chi connectivity index (χ2v) is 6.80. The van der Waals surface area contributed by atoms with E-state index in [4.69, 9.17) is 10.5 Å². The summed E-state index contributed by atoms with van der Waals surface area (Å²) in [6.07, 6.45) is 18.5. The van der Waals surface area contributed by atoms with Crippen LogP contribution in [0.4, 0.5) is 0 Å². The predicted octanol–water partition coefficient (Wildman–Crippen LogP) is 5.83. The van der Waals surface area contributed by atoms with Crippen LogP contribution in [-0.4, -0.2) is 18.8 Å². The summed E-state index contributed by atoms with van der Waals surface area (Å²) in [6, 6.07) is 0.162. The Labute approximate surface area is 134 Å². The van der Waals surface area contributed by atoms with Crippen molar-refractivity contribution in [3.63, 3.8) is 0 Å². The second kappa shape index (κ2) is 16.3. The summed E-state index contributed by atoms with van der Waals surface area (Å²) in [5, 5.41) is 0. The highest BCUT2D eigenvalue weighted by Gasteiger charge is 2.03. The van der Waals surface area contributed by atoms with Gasteiger partial charge in [-0.25, -0.2) is 0 Å². The van der Waals surface area contributed by atoms with Crippen molar-refractivity contribution in [3.05, 3.63) is 0 Å². The van der Waals surface area contributed by atoms with Crippen LogP contribution in [0.1, 0.15) is 104 Å². The van der Waals surface area contributed by atoms with Gasteiger partial charge in [0.2, 0.25) is 0 Å². The Morgan fingerprint density at radius 1 is 0.714 bits per heavy atom. The van der Waals surface area contributed by atoms with E-state index in [1.165, 1.54) is 83.5 Å². The van der Waals surface area contributed by atoms with E-state index in [1.807, 2.05) is 6.92 Å². The molecule has 128 valence electrons. The molecule has 0 rings (SSSR count).